The van der Waals surface area contributed by atoms with Gasteiger partial charge in [-0.2, -0.15) is 0 Å². The van der Waals surface area contributed by atoms with E-state index in [9.17, 15) is 14.4 Å². The Kier molecular flexibility index (Phi) is 8.35. The van der Waals surface area contributed by atoms with E-state index in [1.165, 1.54) is 12.0 Å². The van der Waals surface area contributed by atoms with Gasteiger partial charge in [0, 0.05) is 30.7 Å². The number of carbonyl (C=O) groups excluding carboxylic acids is 3. The molecule has 0 unspecified atom stereocenters. The van der Waals surface area contributed by atoms with Crippen LogP contribution in [0.4, 0.5) is 16.2 Å². The Morgan fingerprint density at radius 1 is 1.03 bits per heavy atom. The summed E-state index contributed by atoms with van der Waals surface area (Å²) < 4.78 is 10.8. The van der Waals surface area contributed by atoms with Crippen LogP contribution in [-0.2, 0) is 16.0 Å². The summed E-state index contributed by atoms with van der Waals surface area (Å²) in [7, 11) is 1.52. The molecule has 0 saturated carbocycles. The van der Waals surface area contributed by atoms with Crippen molar-refractivity contribution in [3.8, 4) is 11.5 Å². The van der Waals surface area contributed by atoms with Gasteiger partial charge in [-0.25, -0.2) is 9.69 Å². The molecule has 1 saturated heterocycles. The minimum absolute atomic E-state index is 0.171. The first-order valence-corrected chi connectivity index (χ1v) is 12.2. The maximum Gasteiger partial charge on any atom is 0.332 e. The maximum absolute atomic E-state index is 13.5. The van der Waals surface area contributed by atoms with E-state index >= 15 is 0 Å². The highest BCUT2D eigenvalue weighted by molar-refractivity contribution is 6.22. The Morgan fingerprint density at radius 2 is 1.78 bits per heavy atom. The molecule has 3 aromatic rings. The van der Waals surface area contributed by atoms with Crippen molar-refractivity contribution in [2.24, 2.45) is 0 Å². The highest BCUT2D eigenvalue weighted by atomic mass is 16.5. The van der Waals surface area contributed by atoms with Crippen LogP contribution in [0.1, 0.15) is 25.3 Å². The second-order valence-corrected chi connectivity index (χ2v) is 8.60. The fraction of sp³-hybridized carbons (Fsp3) is 0.286. The van der Waals surface area contributed by atoms with Crippen molar-refractivity contribution in [3.05, 3.63) is 78.6 Å². The third kappa shape index (κ3) is 6.24. The molecule has 2 heterocycles. The number of amides is 4. The van der Waals surface area contributed by atoms with Crippen LogP contribution in [-0.4, -0.2) is 54.0 Å². The summed E-state index contributed by atoms with van der Waals surface area (Å²) in [6, 6.07) is 16.1. The number of hydrogen-bond acceptors (Lipinski definition) is 6. The predicted molar refractivity (Wildman–Crippen MR) is 140 cm³/mol. The van der Waals surface area contributed by atoms with Crippen LogP contribution in [0.25, 0.3) is 0 Å². The number of hydrogen-bond donors (Lipinski definition) is 1. The first-order valence-electron chi connectivity index (χ1n) is 12.2. The van der Waals surface area contributed by atoms with E-state index in [1.807, 2.05) is 19.1 Å². The van der Waals surface area contributed by atoms with Crippen LogP contribution in [0.2, 0.25) is 0 Å². The topological polar surface area (TPSA) is 101 Å². The SMILES string of the molecule is CCCOc1ccc(NC(=O)C[C@@H]2C(=O)N(c3cccc(OC)c3)C(=O)N2CCc2ccncc2)cc1. The van der Waals surface area contributed by atoms with Crippen molar-refractivity contribution in [2.75, 3.05) is 30.5 Å². The van der Waals surface area contributed by atoms with Crippen LogP contribution in [0.3, 0.4) is 0 Å². The van der Waals surface area contributed by atoms with Crippen LogP contribution >= 0.6 is 0 Å². The molecule has 1 aliphatic rings. The molecular formula is C28H30N4O5. The summed E-state index contributed by atoms with van der Waals surface area (Å²) in [4.78, 5) is 46.5. The lowest BCUT2D eigenvalue weighted by atomic mass is 10.1. The van der Waals surface area contributed by atoms with Crippen molar-refractivity contribution in [1.82, 2.24) is 9.88 Å². The molecule has 192 valence electrons. The van der Waals surface area contributed by atoms with Gasteiger partial charge >= 0.3 is 6.03 Å². The Labute approximate surface area is 216 Å². The van der Waals surface area contributed by atoms with Gasteiger partial charge in [0.25, 0.3) is 5.91 Å². The number of benzene rings is 2. The summed E-state index contributed by atoms with van der Waals surface area (Å²) in [6.07, 6.45) is 4.61. The van der Waals surface area contributed by atoms with E-state index in [2.05, 4.69) is 10.3 Å². The number of pyridine rings is 1. The largest absolute Gasteiger partial charge is 0.497 e. The van der Waals surface area contributed by atoms with Crippen molar-refractivity contribution in [3.63, 3.8) is 0 Å². The zero-order valence-corrected chi connectivity index (χ0v) is 20.9. The van der Waals surface area contributed by atoms with E-state index in [0.717, 1.165) is 16.9 Å². The number of imide groups is 1. The van der Waals surface area contributed by atoms with E-state index in [0.29, 0.717) is 35.9 Å². The van der Waals surface area contributed by atoms with Crippen LogP contribution in [0, 0.1) is 0 Å². The molecule has 1 aromatic heterocycles. The Balaban J connectivity index is 1.51. The average molecular weight is 503 g/mol. The molecule has 4 amide bonds. The summed E-state index contributed by atoms with van der Waals surface area (Å²) in [5.74, 6) is 0.419. The van der Waals surface area contributed by atoms with Crippen LogP contribution < -0.4 is 19.7 Å². The van der Waals surface area contributed by atoms with Crippen molar-refractivity contribution in [1.29, 1.82) is 0 Å². The monoisotopic (exact) mass is 502 g/mol. The minimum Gasteiger partial charge on any atom is -0.497 e. The molecule has 9 heteroatoms. The quantitative estimate of drug-likeness (QED) is 0.393. The number of rotatable bonds is 11. The number of aromatic nitrogens is 1. The zero-order valence-electron chi connectivity index (χ0n) is 20.9. The standard InChI is InChI=1S/C28H30N4O5/c1-3-17-37-23-9-7-21(8-10-23)30-26(33)19-25-27(34)32(22-5-4-6-24(18-22)36-2)28(35)31(25)16-13-20-11-14-29-15-12-20/h4-12,14-15,18,25H,3,13,16-17,19H2,1-2H3,(H,30,33)/t25-/m1/s1. The van der Waals surface area contributed by atoms with Gasteiger partial charge in [-0.1, -0.05) is 13.0 Å². The van der Waals surface area contributed by atoms with Gasteiger partial charge in [0.1, 0.15) is 17.5 Å². The zero-order chi connectivity index (χ0) is 26.2. The second-order valence-electron chi connectivity index (χ2n) is 8.60. The van der Waals surface area contributed by atoms with Gasteiger partial charge < -0.3 is 19.7 Å². The van der Waals surface area contributed by atoms with Crippen molar-refractivity contribution in [2.45, 2.75) is 32.2 Å². The van der Waals surface area contributed by atoms with Gasteiger partial charge in [0.15, 0.2) is 0 Å². The number of ether oxygens (including phenoxy) is 2. The summed E-state index contributed by atoms with van der Waals surface area (Å²) in [5.41, 5.74) is 1.95. The number of methoxy groups -OCH3 is 1. The Hall–Kier alpha value is -4.40. The molecule has 0 spiro atoms. The van der Waals surface area contributed by atoms with E-state index < -0.39 is 18.0 Å². The number of nitrogens with one attached hydrogen (secondary N) is 1. The summed E-state index contributed by atoms with van der Waals surface area (Å²) in [6.45, 7) is 2.92. The van der Waals surface area contributed by atoms with Gasteiger partial charge in [-0.05, 0) is 66.9 Å². The molecule has 4 rings (SSSR count). The lowest BCUT2D eigenvalue weighted by Gasteiger charge is -2.21. The normalized spacial score (nSPS) is 15.1. The number of carbonyl (C=O) groups is 3. The fourth-order valence-corrected chi connectivity index (χ4v) is 4.12. The predicted octanol–water partition coefficient (Wildman–Crippen LogP) is 4.29. The lowest BCUT2D eigenvalue weighted by Crippen LogP contribution is -2.39. The highest BCUT2D eigenvalue weighted by Crippen LogP contribution is 2.30. The first-order chi connectivity index (χ1) is 18.0. The molecular weight excluding hydrogens is 472 g/mol. The van der Waals surface area contributed by atoms with Crippen LogP contribution in [0.15, 0.2) is 73.1 Å². The Morgan fingerprint density at radius 3 is 2.49 bits per heavy atom. The van der Waals surface area contributed by atoms with Crippen LogP contribution in [0.5, 0.6) is 11.5 Å². The van der Waals surface area contributed by atoms with E-state index in [-0.39, 0.29) is 18.9 Å². The smallest absolute Gasteiger partial charge is 0.332 e. The molecule has 2 aromatic carbocycles. The molecule has 1 N–H and O–H groups in total. The minimum atomic E-state index is -0.937. The van der Waals surface area contributed by atoms with E-state index in [1.54, 1.807) is 60.9 Å². The van der Waals surface area contributed by atoms with Gasteiger partial charge in [0.2, 0.25) is 5.91 Å². The molecule has 1 fully saturated rings. The molecule has 1 atom stereocenters. The summed E-state index contributed by atoms with van der Waals surface area (Å²) in [5, 5.41) is 2.82. The van der Waals surface area contributed by atoms with E-state index in [4.69, 9.17) is 9.47 Å². The second kappa shape index (κ2) is 12.0. The summed E-state index contributed by atoms with van der Waals surface area (Å²) >= 11 is 0. The number of anilines is 2. The first kappa shape index (κ1) is 25.7. The molecule has 0 bridgehead atoms. The number of urea groups is 1. The third-order valence-electron chi connectivity index (χ3n) is 6.01. The molecule has 37 heavy (non-hydrogen) atoms. The fourth-order valence-electron chi connectivity index (χ4n) is 4.12. The van der Waals surface area contributed by atoms with Gasteiger partial charge in [0.05, 0.1) is 25.8 Å². The van der Waals surface area contributed by atoms with Crippen molar-refractivity contribution >= 4 is 29.2 Å². The Bertz CT molecular complexity index is 1230. The molecule has 0 aliphatic carbocycles. The third-order valence-corrected chi connectivity index (χ3v) is 6.01. The molecule has 9 nitrogen and oxygen atoms in total. The van der Waals surface area contributed by atoms with Gasteiger partial charge in [-0.15, -0.1) is 0 Å². The molecule has 0 radical (unpaired) electrons. The average Bonchev–Trinajstić information content (AvgIpc) is 3.15. The lowest BCUT2D eigenvalue weighted by molar-refractivity contribution is -0.124. The maximum atomic E-state index is 13.5. The molecule has 1 aliphatic heterocycles. The van der Waals surface area contributed by atoms with Gasteiger partial charge in [-0.3, -0.25) is 14.6 Å². The van der Waals surface area contributed by atoms with Crippen molar-refractivity contribution < 1.29 is 23.9 Å². The highest BCUT2D eigenvalue weighted by Gasteiger charge is 2.46. The number of nitrogens with zero attached hydrogens (tertiary/aromatic N) is 3.